The second kappa shape index (κ2) is 10.6. The second-order valence-corrected chi connectivity index (χ2v) is 8.11. The van der Waals surface area contributed by atoms with Gasteiger partial charge in [-0.25, -0.2) is 0 Å². The van der Waals surface area contributed by atoms with E-state index in [1.807, 2.05) is 24.3 Å². The molecule has 3 atom stereocenters. The fraction of sp³-hybridized carbons (Fsp3) is 0.524. The van der Waals surface area contributed by atoms with Crippen LogP contribution in [0.4, 0.5) is 0 Å². The SMILES string of the molecule is CC(C)(C1=CCC(OCC(O)CI)C=C1)c1ccc(OCC(O)CO)cc1. The number of halogens is 1. The molecule has 6 heteroatoms. The standard InChI is InChI=1S/C21H29IO5/c1-21(2,15-3-7-19(8-4-15)26-13-17(24)11-22)16-5-9-20(10-6-16)27-14-18(25)12-23/h3-7,9-10,17-19,23-25H,8,11-14H2,1-2H3. The summed E-state index contributed by atoms with van der Waals surface area (Å²) in [5, 5.41) is 27.8. The molecule has 0 spiro atoms. The van der Waals surface area contributed by atoms with E-state index in [2.05, 4.69) is 54.7 Å². The van der Waals surface area contributed by atoms with Gasteiger partial charge in [-0.15, -0.1) is 0 Å². The molecule has 27 heavy (non-hydrogen) atoms. The minimum absolute atomic E-state index is 0.0101. The third kappa shape index (κ3) is 6.57. The molecule has 0 saturated heterocycles. The Bertz CT molecular complexity index is 638. The van der Waals surface area contributed by atoms with Gasteiger partial charge in [0.05, 0.1) is 25.4 Å². The van der Waals surface area contributed by atoms with Gasteiger partial charge in [0.2, 0.25) is 0 Å². The number of allylic oxidation sites excluding steroid dienone is 2. The minimum Gasteiger partial charge on any atom is -0.491 e. The van der Waals surface area contributed by atoms with Crippen molar-refractivity contribution in [3.63, 3.8) is 0 Å². The van der Waals surface area contributed by atoms with Crippen molar-refractivity contribution in [3.8, 4) is 5.75 Å². The molecule has 3 N–H and O–H groups in total. The van der Waals surface area contributed by atoms with Crippen LogP contribution in [0.1, 0.15) is 25.8 Å². The molecule has 0 saturated carbocycles. The maximum Gasteiger partial charge on any atom is 0.119 e. The number of ether oxygens (including phenoxy) is 2. The lowest BCUT2D eigenvalue weighted by Gasteiger charge is -2.30. The van der Waals surface area contributed by atoms with Gasteiger partial charge >= 0.3 is 0 Å². The van der Waals surface area contributed by atoms with E-state index in [1.165, 1.54) is 5.57 Å². The molecule has 1 aliphatic rings. The molecule has 0 aromatic heterocycles. The predicted molar refractivity (Wildman–Crippen MR) is 115 cm³/mol. The van der Waals surface area contributed by atoms with Gasteiger partial charge in [0.15, 0.2) is 0 Å². The number of alkyl halides is 1. The Hall–Kier alpha value is -0.930. The van der Waals surface area contributed by atoms with Crippen molar-refractivity contribution < 1.29 is 24.8 Å². The molecule has 0 bridgehead atoms. The molecule has 0 fully saturated rings. The van der Waals surface area contributed by atoms with Gasteiger partial charge in [0, 0.05) is 9.84 Å². The highest BCUT2D eigenvalue weighted by atomic mass is 127. The first-order valence-electron chi connectivity index (χ1n) is 9.13. The Labute approximate surface area is 174 Å². The number of hydrogen-bond acceptors (Lipinski definition) is 5. The van der Waals surface area contributed by atoms with Crippen molar-refractivity contribution in [2.24, 2.45) is 0 Å². The van der Waals surface area contributed by atoms with Crippen LogP contribution in [0.3, 0.4) is 0 Å². The quantitative estimate of drug-likeness (QED) is 0.349. The van der Waals surface area contributed by atoms with E-state index < -0.39 is 12.2 Å². The van der Waals surface area contributed by atoms with Crippen LogP contribution in [0.2, 0.25) is 0 Å². The van der Waals surface area contributed by atoms with Crippen LogP contribution in [0.5, 0.6) is 5.75 Å². The predicted octanol–water partition coefficient (Wildman–Crippen LogP) is 2.76. The number of aliphatic hydroxyl groups is 3. The fourth-order valence-electron chi connectivity index (χ4n) is 2.85. The van der Waals surface area contributed by atoms with Gasteiger partial charge in [-0.1, -0.05) is 66.8 Å². The number of hydrogen-bond donors (Lipinski definition) is 3. The van der Waals surface area contributed by atoms with Crippen molar-refractivity contribution >= 4 is 22.6 Å². The van der Waals surface area contributed by atoms with Crippen molar-refractivity contribution in [1.82, 2.24) is 0 Å². The summed E-state index contributed by atoms with van der Waals surface area (Å²) in [6.45, 7) is 4.47. The molecule has 1 aliphatic carbocycles. The maximum atomic E-state index is 9.62. The summed E-state index contributed by atoms with van der Waals surface area (Å²) in [4.78, 5) is 0. The number of benzene rings is 1. The zero-order valence-corrected chi connectivity index (χ0v) is 18.0. The van der Waals surface area contributed by atoms with Gasteiger partial charge in [-0.2, -0.15) is 0 Å². The molecule has 0 aliphatic heterocycles. The van der Waals surface area contributed by atoms with Crippen LogP contribution in [-0.4, -0.2) is 57.9 Å². The summed E-state index contributed by atoms with van der Waals surface area (Å²) in [7, 11) is 0. The minimum atomic E-state index is -0.869. The molecule has 0 amide bonds. The summed E-state index contributed by atoms with van der Waals surface area (Å²) >= 11 is 2.15. The van der Waals surface area contributed by atoms with Crippen LogP contribution in [0.15, 0.2) is 48.1 Å². The Kier molecular flexibility index (Phi) is 8.75. The van der Waals surface area contributed by atoms with Gasteiger partial charge < -0.3 is 24.8 Å². The Morgan fingerprint density at radius 1 is 1.15 bits per heavy atom. The molecule has 0 radical (unpaired) electrons. The monoisotopic (exact) mass is 488 g/mol. The third-order valence-corrected chi connectivity index (χ3v) is 5.71. The molecule has 1 aromatic carbocycles. The average molecular weight is 488 g/mol. The highest BCUT2D eigenvalue weighted by Crippen LogP contribution is 2.35. The Morgan fingerprint density at radius 3 is 2.41 bits per heavy atom. The van der Waals surface area contributed by atoms with E-state index in [9.17, 15) is 10.2 Å². The molecule has 150 valence electrons. The lowest BCUT2D eigenvalue weighted by atomic mass is 9.75. The Morgan fingerprint density at radius 2 is 1.85 bits per heavy atom. The fourth-order valence-corrected chi connectivity index (χ4v) is 3.10. The number of rotatable bonds is 10. The summed E-state index contributed by atoms with van der Waals surface area (Å²) in [6.07, 6.45) is 5.88. The maximum absolute atomic E-state index is 9.62. The first-order valence-corrected chi connectivity index (χ1v) is 10.7. The van der Waals surface area contributed by atoms with Crippen LogP contribution in [0, 0.1) is 0 Å². The second-order valence-electron chi connectivity index (χ2n) is 7.23. The number of aliphatic hydroxyl groups excluding tert-OH is 3. The lowest BCUT2D eigenvalue weighted by molar-refractivity contribution is 0.0211. The van der Waals surface area contributed by atoms with E-state index in [0.717, 1.165) is 12.0 Å². The summed E-state index contributed by atoms with van der Waals surface area (Å²) in [5.41, 5.74) is 2.22. The lowest BCUT2D eigenvalue weighted by Crippen LogP contribution is -2.25. The van der Waals surface area contributed by atoms with Crippen molar-refractivity contribution in [2.45, 2.75) is 44.0 Å². The first kappa shape index (κ1) is 22.4. The van der Waals surface area contributed by atoms with E-state index >= 15 is 0 Å². The van der Waals surface area contributed by atoms with Crippen LogP contribution >= 0.6 is 22.6 Å². The van der Waals surface area contributed by atoms with Gasteiger partial charge in [-0.05, 0) is 29.7 Å². The van der Waals surface area contributed by atoms with E-state index in [0.29, 0.717) is 16.8 Å². The summed E-state index contributed by atoms with van der Waals surface area (Å²) in [5.74, 6) is 0.664. The molecule has 3 unspecified atom stereocenters. The van der Waals surface area contributed by atoms with Crippen LogP contribution < -0.4 is 4.74 Å². The molecule has 2 rings (SSSR count). The summed E-state index contributed by atoms with van der Waals surface area (Å²) < 4.78 is 11.9. The first-order chi connectivity index (χ1) is 12.9. The highest BCUT2D eigenvalue weighted by Gasteiger charge is 2.26. The molecular weight excluding hydrogens is 459 g/mol. The smallest absolute Gasteiger partial charge is 0.119 e. The van der Waals surface area contributed by atoms with Crippen molar-refractivity contribution in [1.29, 1.82) is 0 Å². The highest BCUT2D eigenvalue weighted by molar-refractivity contribution is 14.1. The average Bonchev–Trinajstić information content (AvgIpc) is 2.70. The Balaban J connectivity index is 1.95. The molecular formula is C21H29IO5. The molecule has 5 nitrogen and oxygen atoms in total. The normalized spacial score (nSPS) is 19.5. The topological polar surface area (TPSA) is 79.2 Å². The largest absolute Gasteiger partial charge is 0.491 e. The molecule has 1 aromatic rings. The van der Waals surface area contributed by atoms with Crippen LogP contribution in [-0.2, 0) is 10.2 Å². The van der Waals surface area contributed by atoms with Crippen molar-refractivity contribution in [2.75, 3.05) is 24.2 Å². The van der Waals surface area contributed by atoms with Gasteiger partial charge in [0.25, 0.3) is 0 Å². The zero-order valence-electron chi connectivity index (χ0n) is 15.8. The molecule has 0 heterocycles. The zero-order chi connectivity index (χ0) is 19.9. The van der Waals surface area contributed by atoms with Crippen molar-refractivity contribution in [3.05, 3.63) is 53.6 Å². The van der Waals surface area contributed by atoms with E-state index in [4.69, 9.17) is 14.6 Å². The third-order valence-electron chi connectivity index (χ3n) is 4.69. The van der Waals surface area contributed by atoms with E-state index in [-0.39, 0.29) is 24.7 Å². The van der Waals surface area contributed by atoms with Crippen LogP contribution in [0.25, 0.3) is 0 Å². The summed E-state index contributed by atoms with van der Waals surface area (Å²) in [6, 6.07) is 7.81. The van der Waals surface area contributed by atoms with E-state index in [1.54, 1.807) is 0 Å². The van der Waals surface area contributed by atoms with Gasteiger partial charge in [-0.3, -0.25) is 0 Å². The van der Waals surface area contributed by atoms with Gasteiger partial charge in [0.1, 0.15) is 18.5 Å².